The lowest BCUT2D eigenvalue weighted by Crippen LogP contribution is -2.51. The van der Waals surface area contributed by atoms with E-state index in [1.54, 1.807) is 13.4 Å². The number of hydrogen-bond donors (Lipinski definition) is 1. The number of hydrogen-bond acceptors (Lipinski definition) is 7. The van der Waals surface area contributed by atoms with Gasteiger partial charge in [0.2, 0.25) is 0 Å². The molecule has 2 aromatic carbocycles. The second kappa shape index (κ2) is 11.7. The van der Waals surface area contributed by atoms with E-state index in [9.17, 15) is 0 Å². The van der Waals surface area contributed by atoms with Gasteiger partial charge < -0.3 is 19.8 Å². The lowest BCUT2D eigenvalue weighted by molar-refractivity contribution is 0.0579. The number of nitrogens with zero attached hydrogens (tertiary/aromatic N) is 5. The van der Waals surface area contributed by atoms with Crippen molar-refractivity contribution in [1.82, 2.24) is 24.3 Å². The molecule has 0 amide bonds. The van der Waals surface area contributed by atoms with Crippen molar-refractivity contribution in [2.24, 2.45) is 0 Å². The Balaban J connectivity index is 1.16. The third-order valence-corrected chi connectivity index (χ3v) is 8.38. The van der Waals surface area contributed by atoms with E-state index < -0.39 is 0 Å². The number of aromatic nitrogens is 3. The normalized spacial score (nSPS) is 20.8. The van der Waals surface area contributed by atoms with Crippen LogP contribution in [0.4, 0.5) is 5.82 Å². The van der Waals surface area contributed by atoms with Crippen molar-refractivity contribution < 1.29 is 9.47 Å². The molecule has 1 saturated heterocycles. The number of fused-ring (bicyclic) bond motifs is 1. The molecule has 8 nitrogen and oxygen atoms in total. The van der Waals surface area contributed by atoms with Gasteiger partial charge in [0, 0.05) is 63.7 Å². The number of rotatable bonds is 8. The molecule has 1 aliphatic heterocycles. The summed E-state index contributed by atoms with van der Waals surface area (Å²) >= 11 is 0. The Bertz CT molecular complexity index is 1360. The number of anilines is 1. The van der Waals surface area contributed by atoms with Crippen LogP contribution in [-0.2, 0) is 4.74 Å². The SMILES string of the molecule is COCCN1CCN([C@H]2CC[C@@H](n3cc(-c4ccc(Oc5ccccc5)cc4)c4c(N)ncnc43)CC2)CC1. The van der Waals surface area contributed by atoms with Gasteiger partial charge in [-0.15, -0.1) is 0 Å². The Morgan fingerprint density at radius 2 is 1.54 bits per heavy atom. The monoisotopic (exact) mass is 526 g/mol. The predicted octanol–water partition coefficient (Wildman–Crippen LogP) is 5.22. The largest absolute Gasteiger partial charge is 0.457 e. The highest BCUT2D eigenvalue weighted by atomic mass is 16.5. The van der Waals surface area contributed by atoms with Gasteiger partial charge in [-0.1, -0.05) is 30.3 Å². The van der Waals surface area contributed by atoms with Gasteiger partial charge in [0.25, 0.3) is 0 Å². The lowest BCUT2D eigenvalue weighted by Gasteiger charge is -2.42. The van der Waals surface area contributed by atoms with Crippen molar-refractivity contribution in [1.29, 1.82) is 0 Å². The van der Waals surface area contributed by atoms with E-state index in [1.807, 2.05) is 42.5 Å². The molecule has 204 valence electrons. The lowest BCUT2D eigenvalue weighted by atomic mass is 9.89. The van der Waals surface area contributed by atoms with E-state index in [0.29, 0.717) is 17.9 Å². The molecule has 0 radical (unpaired) electrons. The standard InChI is InChI=1S/C31H38N6O2/c1-38-20-19-35-15-17-36(18-16-35)24-9-11-25(12-10-24)37-21-28(29-30(32)33-22-34-31(29)37)23-7-13-27(14-8-23)39-26-5-3-2-4-6-26/h2-8,13-14,21-22,24-25H,9-12,15-20H2,1H3,(H2,32,33,34)/t24-,25+. The molecule has 6 rings (SSSR count). The first kappa shape index (κ1) is 25.8. The number of para-hydroxylation sites is 1. The van der Waals surface area contributed by atoms with Crippen molar-refractivity contribution in [3.05, 3.63) is 67.1 Å². The second-order valence-electron chi connectivity index (χ2n) is 10.7. The van der Waals surface area contributed by atoms with Gasteiger partial charge in [-0.05, 0) is 55.5 Å². The molecule has 1 aliphatic carbocycles. The predicted molar refractivity (Wildman–Crippen MR) is 155 cm³/mol. The summed E-state index contributed by atoms with van der Waals surface area (Å²) in [6.45, 7) is 6.44. The fraction of sp³-hybridized carbons (Fsp3) is 0.419. The summed E-state index contributed by atoms with van der Waals surface area (Å²) in [5.41, 5.74) is 9.51. The summed E-state index contributed by atoms with van der Waals surface area (Å²) in [4.78, 5) is 14.3. The molecule has 0 atom stereocenters. The molecule has 0 spiro atoms. The molecule has 2 N–H and O–H groups in total. The molecule has 0 bridgehead atoms. The summed E-state index contributed by atoms with van der Waals surface area (Å²) < 4.78 is 13.6. The molecule has 2 fully saturated rings. The maximum atomic E-state index is 6.42. The molecule has 2 aliphatic rings. The van der Waals surface area contributed by atoms with Gasteiger partial charge in [-0.3, -0.25) is 9.80 Å². The molecule has 1 saturated carbocycles. The third kappa shape index (κ3) is 5.64. The van der Waals surface area contributed by atoms with Gasteiger partial charge in [-0.25, -0.2) is 9.97 Å². The molecule has 8 heteroatoms. The molecular weight excluding hydrogens is 488 g/mol. The summed E-state index contributed by atoms with van der Waals surface area (Å²) in [6, 6.07) is 19.1. The summed E-state index contributed by atoms with van der Waals surface area (Å²) in [5, 5.41) is 0.934. The van der Waals surface area contributed by atoms with Crippen LogP contribution in [0.15, 0.2) is 67.1 Å². The Hall–Kier alpha value is -3.46. The van der Waals surface area contributed by atoms with Crippen molar-refractivity contribution >= 4 is 16.9 Å². The minimum atomic E-state index is 0.412. The summed E-state index contributed by atoms with van der Waals surface area (Å²) in [7, 11) is 1.78. The van der Waals surface area contributed by atoms with Gasteiger partial charge in [0.15, 0.2) is 0 Å². The van der Waals surface area contributed by atoms with E-state index in [1.165, 1.54) is 12.8 Å². The van der Waals surface area contributed by atoms with Crippen molar-refractivity contribution in [2.45, 2.75) is 37.8 Å². The minimum Gasteiger partial charge on any atom is -0.457 e. The van der Waals surface area contributed by atoms with E-state index in [-0.39, 0.29) is 0 Å². The highest BCUT2D eigenvalue weighted by molar-refractivity contribution is 6.00. The van der Waals surface area contributed by atoms with E-state index >= 15 is 0 Å². The van der Waals surface area contributed by atoms with Gasteiger partial charge in [0.05, 0.1) is 12.0 Å². The summed E-state index contributed by atoms with van der Waals surface area (Å²) in [5.74, 6) is 2.15. The Morgan fingerprint density at radius 3 is 2.26 bits per heavy atom. The van der Waals surface area contributed by atoms with Gasteiger partial charge in [0.1, 0.15) is 29.3 Å². The van der Waals surface area contributed by atoms with Crippen molar-refractivity contribution in [3.63, 3.8) is 0 Å². The van der Waals surface area contributed by atoms with Crippen LogP contribution in [0.3, 0.4) is 0 Å². The average Bonchev–Trinajstić information content (AvgIpc) is 3.38. The topological polar surface area (TPSA) is 81.7 Å². The average molecular weight is 527 g/mol. The second-order valence-corrected chi connectivity index (χ2v) is 10.7. The number of piperazine rings is 1. The Labute approximate surface area is 230 Å². The number of methoxy groups -OCH3 is 1. The van der Waals surface area contributed by atoms with Crippen LogP contribution in [-0.4, -0.2) is 76.8 Å². The first-order valence-electron chi connectivity index (χ1n) is 14.1. The maximum absolute atomic E-state index is 6.42. The van der Waals surface area contributed by atoms with Gasteiger partial charge in [-0.2, -0.15) is 0 Å². The molecule has 4 aromatic rings. The highest BCUT2D eigenvalue weighted by Gasteiger charge is 2.30. The van der Waals surface area contributed by atoms with Crippen LogP contribution in [0.5, 0.6) is 11.5 Å². The van der Waals surface area contributed by atoms with Crippen molar-refractivity contribution in [2.75, 3.05) is 52.2 Å². The van der Waals surface area contributed by atoms with E-state index in [2.05, 4.69) is 37.7 Å². The third-order valence-electron chi connectivity index (χ3n) is 8.38. The fourth-order valence-corrected chi connectivity index (χ4v) is 6.21. The molecule has 3 heterocycles. The van der Waals surface area contributed by atoms with Crippen LogP contribution >= 0.6 is 0 Å². The minimum absolute atomic E-state index is 0.412. The quantitative estimate of drug-likeness (QED) is 0.337. The fourth-order valence-electron chi connectivity index (χ4n) is 6.21. The van der Waals surface area contributed by atoms with Gasteiger partial charge >= 0.3 is 0 Å². The zero-order valence-electron chi connectivity index (χ0n) is 22.7. The zero-order valence-corrected chi connectivity index (χ0v) is 22.7. The first-order chi connectivity index (χ1) is 19.2. The van der Waals surface area contributed by atoms with Crippen LogP contribution in [0, 0.1) is 0 Å². The summed E-state index contributed by atoms with van der Waals surface area (Å²) in [6.07, 6.45) is 8.54. The number of benzene rings is 2. The molecule has 2 aromatic heterocycles. The zero-order chi connectivity index (χ0) is 26.6. The van der Waals surface area contributed by atoms with Crippen LogP contribution in [0.2, 0.25) is 0 Å². The number of nitrogen functional groups attached to an aromatic ring is 1. The van der Waals surface area contributed by atoms with Crippen LogP contribution < -0.4 is 10.5 Å². The molecule has 39 heavy (non-hydrogen) atoms. The van der Waals surface area contributed by atoms with Crippen LogP contribution in [0.25, 0.3) is 22.2 Å². The van der Waals surface area contributed by atoms with E-state index in [0.717, 1.165) is 85.8 Å². The number of nitrogens with two attached hydrogens (primary N) is 1. The van der Waals surface area contributed by atoms with Crippen LogP contribution in [0.1, 0.15) is 31.7 Å². The first-order valence-corrected chi connectivity index (χ1v) is 14.1. The maximum Gasteiger partial charge on any atom is 0.146 e. The molecular formula is C31H38N6O2. The highest BCUT2D eigenvalue weighted by Crippen LogP contribution is 2.39. The Kier molecular flexibility index (Phi) is 7.76. The number of ether oxygens (including phenoxy) is 2. The smallest absolute Gasteiger partial charge is 0.146 e. The van der Waals surface area contributed by atoms with E-state index in [4.69, 9.17) is 20.2 Å². The molecule has 0 unspecified atom stereocenters. The van der Waals surface area contributed by atoms with Crippen molar-refractivity contribution in [3.8, 4) is 22.6 Å². The Morgan fingerprint density at radius 1 is 0.846 bits per heavy atom.